The summed E-state index contributed by atoms with van der Waals surface area (Å²) >= 11 is 6.05. The van der Waals surface area contributed by atoms with Crippen molar-refractivity contribution in [3.8, 4) is 16.9 Å². The molecule has 166 valence electrons. The molecule has 1 heterocycles. The number of halogens is 3. The minimum Gasteiger partial charge on any atom is -0.461 e. The van der Waals surface area contributed by atoms with E-state index in [0.29, 0.717) is 22.8 Å². The number of carbonyl (C=O) groups is 1. The Kier molecular flexibility index (Phi) is 8.23. The van der Waals surface area contributed by atoms with Crippen molar-refractivity contribution in [3.05, 3.63) is 70.6 Å². The molecule has 5 nitrogen and oxygen atoms in total. The topological polar surface area (TPSA) is 56.1 Å². The van der Waals surface area contributed by atoms with Gasteiger partial charge in [-0.1, -0.05) is 11.6 Å². The first-order valence-electron chi connectivity index (χ1n) is 9.75. The third kappa shape index (κ3) is 6.06. The van der Waals surface area contributed by atoms with Crippen molar-refractivity contribution in [1.29, 1.82) is 0 Å². The summed E-state index contributed by atoms with van der Waals surface area (Å²) in [6, 6.07) is 13.3. The molecular weight excluding hydrogens is 440 g/mol. The Balaban J connectivity index is 0.00000341. The van der Waals surface area contributed by atoms with E-state index in [1.165, 1.54) is 12.1 Å². The lowest BCUT2D eigenvalue weighted by molar-refractivity contribution is 0.0517. The smallest absolute Gasteiger partial charge is 0.359 e. The highest BCUT2D eigenvalue weighted by atomic mass is 35.5. The van der Waals surface area contributed by atoms with Crippen molar-refractivity contribution in [2.45, 2.75) is 39.8 Å². The van der Waals surface area contributed by atoms with Gasteiger partial charge in [0.1, 0.15) is 5.82 Å². The largest absolute Gasteiger partial charge is 0.461 e. The van der Waals surface area contributed by atoms with Crippen molar-refractivity contribution < 1.29 is 13.9 Å². The molecule has 2 aromatic carbocycles. The van der Waals surface area contributed by atoms with Crippen LogP contribution in [0.5, 0.6) is 0 Å². The molecule has 0 amide bonds. The molecule has 0 unspecified atom stereocenters. The quantitative estimate of drug-likeness (QED) is 0.466. The van der Waals surface area contributed by atoms with Gasteiger partial charge < -0.3 is 10.1 Å². The molecule has 0 atom stereocenters. The minimum absolute atomic E-state index is 0. The van der Waals surface area contributed by atoms with Gasteiger partial charge in [0.2, 0.25) is 0 Å². The van der Waals surface area contributed by atoms with Crippen molar-refractivity contribution in [3.63, 3.8) is 0 Å². The Morgan fingerprint density at radius 1 is 1.13 bits per heavy atom. The van der Waals surface area contributed by atoms with Crippen LogP contribution in [0.1, 0.15) is 43.7 Å². The van der Waals surface area contributed by atoms with Crippen LogP contribution in [0, 0.1) is 5.82 Å². The van der Waals surface area contributed by atoms with E-state index in [4.69, 9.17) is 16.3 Å². The molecule has 0 aliphatic carbocycles. The molecule has 3 rings (SSSR count). The maximum absolute atomic E-state index is 13.6. The number of nitrogens with zero attached hydrogens (tertiary/aromatic N) is 2. The van der Waals surface area contributed by atoms with E-state index in [9.17, 15) is 9.18 Å². The Hall–Kier alpha value is -2.41. The number of hydrogen-bond acceptors (Lipinski definition) is 4. The fraction of sp³-hybridized carbons (Fsp3) is 0.304. The zero-order chi connectivity index (χ0) is 21.9. The number of rotatable bonds is 6. The van der Waals surface area contributed by atoms with Crippen LogP contribution in [0.2, 0.25) is 5.02 Å². The minimum atomic E-state index is -0.501. The van der Waals surface area contributed by atoms with Gasteiger partial charge in [0.05, 0.1) is 18.0 Å². The fourth-order valence-corrected chi connectivity index (χ4v) is 3.13. The van der Waals surface area contributed by atoms with Crippen LogP contribution < -0.4 is 5.32 Å². The molecular formula is C23H26Cl2FN3O2. The van der Waals surface area contributed by atoms with Crippen LogP contribution in [-0.2, 0) is 11.3 Å². The van der Waals surface area contributed by atoms with Crippen LogP contribution in [0.3, 0.4) is 0 Å². The molecule has 0 saturated carbocycles. The molecule has 31 heavy (non-hydrogen) atoms. The van der Waals surface area contributed by atoms with E-state index in [-0.39, 0.29) is 36.1 Å². The SMILES string of the molecule is CCOC(=O)c1nn(-c2ccc(Cl)cc2)c(-c2ccc(F)cc2)c1CNC(C)(C)C.Cl. The third-order valence-corrected chi connectivity index (χ3v) is 4.69. The Labute approximate surface area is 193 Å². The summed E-state index contributed by atoms with van der Waals surface area (Å²) in [7, 11) is 0. The summed E-state index contributed by atoms with van der Waals surface area (Å²) < 4.78 is 20.5. The van der Waals surface area contributed by atoms with Crippen LogP contribution in [0.15, 0.2) is 48.5 Å². The molecule has 8 heteroatoms. The summed E-state index contributed by atoms with van der Waals surface area (Å²) in [5, 5.41) is 8.60. The predicted molar refractivity (Wildman–Crippen MR) is 124 cm³/mol. The number of benzene rings is 2. The molecule has 1 aromatic heterocycles. The molecule has 3 aromatic rings. The van der Waals surface area contributed by atoms with Crippen LogP contribution >= 0.6 is 24.0 Å². The second-order valence-corrected chi connectivity index (χ2v) is 8.33. The van der Waals surface area contributed by atoms with Gasteiger partial charge in [-0.3, -0.25) is 0 Å². The Morgan fingerprint density at radius 2 is 1.74 bits per heavy atom. The highest BCUT2D eigenvalue weighted by Crippen LogP contribution is 2.31. The summed E-state index contributed by atoms with van der Waals surface area (Å²) in [6.45, 7) is 8.50. The first-order valence-corrected chi connectivity index (χ1v) is 10.1. The average molecular weight is 466 g/mol. The molecule has 0 aliphatic heterocycles. The summed E-state index contributed by atoms with van der Waals surface area (Å²) in [4.78, 5) is 12.7. The fourth-order valence-electron chi connectivity index (χ4n) is 3.01. The lowest BCUT2D eigenvalue weighted by Crippen LogP contribution is -2.35. The van der Waals surface area contributed by atoms with E-state index in [1.807, 2.05) is 32.9 Å². The summed E-state index contributed by atoms with van der Waals surface area (Å²) in [5.41, 5.74) is 2.88. The molecule has 0 fully saturated rings. The zero-order valence-corrected chi connectivity index (χ0v) is 19.5. The molecule has 0 radical (unpaired) electrons. The van der Waals surface area contributed by atoms with Crippen molar-refractivity contribution in [2.75, 3.05) is 6.61 Å². The van der Waals surface area contributed by atoms with Gasteiger partial charge in [0, 0.05) is 28.2 Å². The van der Waals surface area contributed by atoms with Gasteiger partial charge in [-0.25, -0.2) is 13.9 Å². The van der Waals surface area contributed by atoms with Gasteiger partial charge in [0.15, 0.2) is 5.69 Å². The number of esters is 1. The van der Waals surface area contributed by atoms with Crippen molar-refractivity contribution in [2.24, 2.45) is 0 Å². The second-order valence-electron chi connectivity index (χ2n) is 7.89. The summed E-state index contributed by atoms with van der Waals surface area (Å²) in [5.74, 6) is -0.837. The average Bonchev–Trinajstić information content (AvgIpc) is 3.07. The van der Waals surface area contributed by atoms with Crippen molar-refractivity contribution in [1.82, 2.24) is 15.1 Å². The Morgan fingerprint density at radius 3 is 2.29 bits per heavy atom. The second kappa shape index (κ2) is 10.3. The van der Waals surface area contributed by atoms with E-state index in [2.05, 4.69) is 10.4 Å². The standard InChI is InChI=1S/C23H25ClFN3O2.ClH/c1-5-30-22(29)20-19(14-26-23(2,3)4)21(15-6-10-17(25)11-7-15)28(27-20)18-12-8-16(24)9-13-18;/h6-13,26H,5,14H2,1-4H3;1H. The molecule has 1 N–H and O–H groups in total. The number of hydrogen-bond donors (Lipinski definition) is 1. The van der Waals surface area contributed by atoms with Gasteiger partial charge >= 0.3 is 5.97 Å². The normalized spacial score (nSPS) is 11.2. The maximum atomic E-state index is 13.6. The lowest BCUT2D eigenvalue weighted by atomic mass is 10.0. The maximum Gasteiger partial charge on any atom is 0.359 e. The summed E-state index contributed by atoms with van der Waals surface area (Å²) in [6.07, 6.45) is 0. The van der Waals surface area contributed by atoms with E-state index in [0.717, 1.165) is 11.3 Å². The molecule has 0 spiro atoms. The van der Waals surface area contributed by atoms with Gasteiger partial charge in [-0.05, 0) is 76.2 Å². The van der Waals surface area contributed by atoms with Crippen LogP contribution in [-0.4, -0.2) is 27.9 Å². The predicted octanol–water partition coefficient (Wildman–Crippen LogP) is 5.82. The van der Waals surface area contributed by atoms with Crippen molar-refractivity contribution >= 4 is 30.0 Å². The number of carbonyl (C=O) groups excluding carboxylic acids is 1. The molecule has 0 saturated heterocycles. The van der Waals surface area contributed by atoms with Gasteiger partial charge in [-0.2, -0.15) is 5.10 Å². The first kappa shape index (κ1) is 24.9. The van der Waals surface area contributed by atoms with E-state index < -0.39 is 5.97 Å². The Bertz CT molecular complexity index is 1030. The number of nitrogens with one attached hydrogen (secondary N) is 1. The molecule has 0 aliphatic rings. The van der Waals surface area contributed by atoms with E-state index in [1.54, 1.807) is 35.9 Å². The van der Waals surface area contributed by atoms with Crippen LogP contribution in [0.25, 0.3) is 16.9 Å². The zero-order valence-electron chi connectivity index (χ0n) is 17.9. The number of ether oxygens (including phenoxy) is 1. The van der Waals surface area contributed by atoms with Gasteiger partial charge in [0.25, 0.3) is 0 Å². The monoisotopic (exact) mass is 465 g/mol. The lowest BCUT2D eigenvalue weighted by Gasteiger charge is -2.21. The van der Waals surface area contributed by atoms with E-state index >= 15 is 0 Å². The highest BCUT2D eigenvalue weighted by molar-refractivity contribution is 6.30. The highest BCUT2D eigenvalue weighted by Gasteiger charge is 2.26. The number of aromatic nitrogens is 2. The third-order valence-electron chi connectivity index (χ3n) is 4.44. The first-order chi connectivity index (χ1) is 14.2. The van der Waals surface area contributed by atoms with Gasteiger partial charge in [-0.15, -0.1) is 12.4 Å². The molecule has 0 bridgehead atoms. The van der Waals surface area contributed by atoms with Crippen LogP contribution in [0.4, 0.5) is 4.39 Å².